The van der Waals surface area contributed by atoms with E-state index in [9.17, 15) is 30.3 Å². The zero-order valence-corrected chi connectivity index (χ0v) is 15.0. The second-order valence-corrected chi connectivity index (χ2v) is 7.48. The van der Waals surface area contributed by atoms with Crippen LogP contribution in [-0.2, 0) is 23.7 Å². The van der Waals surface area contributed by atoms with Crippen LogP contribution in [0.1, 0.15) is 20.3 Å². The van der Waals surface area contributed by atoms with Crippen molar-refractivity contribution in [1.29, 1.82) is 0 Å². The van der Waals surface area contributed by atoms with Gasteiger partial charge in [0.05, 0.1) is 24.4 Å². The molecule has 2 heterocycles. The van der Waals surface area contributed by atoms with E-state index in [1.54, 1.807) is 13.0 Å². The van der Waals surface area contributed by atoms with Crippen molar-refractivity contribution in [2.75, 3.05) is 6.61 Å². The van der Waals surface area contributed by atoms with Crippen molar-refractivity contribution in [2.45, 2.75) is 69.0 Å². The number of aliphatic hydroxyl groups is 5. The Morgan fingerprint density at radius 2 is 1.93 bits per heavy atom. The van der Waals surface area contributed by atoms with E-state index in [-0.39, 0.29) is 12.3 Å². The molecule has 0 radical (unpaired) electrons. The molecule has 2 fully saturated rings. The third-order valence-corrected chi connectivity index (χ3v) is 5.42. The fraction of sp³-hybridized carbons (Fsp3) is 0.824. The largest absolute Gasteiger partial charge is 0.472 e. The number of hydrogen-bond donors (Lipinski definition) is 5. The Labute approximate surface area is 155 Å². The Morgan fingerprint density at radius 3 is 2.56 bits per heavy atom. The van der Waals surface area contributed by atoms with Crippen molar-refractivity contribution >= 4 is 5.97 Å². The molecule has 0 aromatic carbocycles. The summed E-state index contributed by atoms with van der Waals surface area (Å²) in [5.74, 6) is -1.49. The molecule has 10 heteroatoms. The van der Waals surface area contributed by atoms with Gasteiger partial charge in [-0.3, -0.25) is 4.79 Å². The number of esters is 1. The Hall–Kier alpha value is -1.27. The lowest BCUT2D eigenvalue weighted by molar-refractivity contribution is -0.346. The Balaban J connectivity index is 1.77. The van der Waals surface area contributed by atoms with Gasteiger partial charge < -0.3 is 44.5 Å². The van der Waals surface area contributed by atoms with Gasteiger partial charge in [-0.1, -0.05) is 0 Å². The molecule has 0 amide bonds. The molecule has 27 heavy (non-hydrogen) atoms. The molecule has 0 spiro atoms. The normalized spacial score (nSPS) is 49.4. The average Bonchev–Trinajstić information content (AvgIpc) is 2.86. The number of aliphatic hydroxyl groups excluding tert-OH is 4. The topological polar surface area (TPSA) is 155 Å². The van der Waals surface area contributed by atoms with E-state index in [4.69, 9.17) is 18.9 Å². The quantitative estimate of drug-likeness (QED) is 0.340. The van der Waals surface area contributed by atoms with Crippen LogP contribution < -0.4 is 0 Å². The molecule has 3 aliphatic rings. The van der Waals surface area contributed by atoms with Crippen molar-refractivity contribution in [3.63, 3.8) is 0 Å². The third-order valence-electron chi connectivity index (χ3n) is 5.42. The molecule has 10 nitrogen and oxygen atoms in total. The number of ether oxygens (including phenoxy) is 4. The van der Waals surface area contributed by atoms with Crippen molar-refractivity contribution < 1.29 is 49.3 Å². The monoisotopic (exact) mass is 390 g/mol. The molecule has 0 aromatic heterocycles. The fourth-order valence-electron chi connectivity index (χ4n) is 4.10. The molecule has 10 atom stereocenters. The molecule has 2 aliphatic heterocycles. The smallest absolute Gasteiger partial charge is 0.302 e. The van der Waals surface area contributed by atoms with Gasteiger partial charge >= 0.3 is 5.97 Å². The molecular formula is C17H26O10. The zero-order chi connectivity index (χ0) is 19.9. The van der Waals surface area contributed by atoms with Gasteiger partial charge in [-0.25, -0.2) is 0 Å². The maximum Gasteiger partial charge on any atom is 0.302 e. The molecule has 0 unspecified atom stereocenters. The summed E-state index contributed by atoms with van der Waals surface area (Å²) in [6.07, 6.45) is -5.65. The standard InChI is InChI=1S/C17H26O10/c1-7(19)25-9-5-17(2,23)11-8(9)3-4-24-15(11)27-16-14(22)13(21)12(20)10(6-18)26-16/h3-4,8-16,18,20-23H,5-6H2,1-2H3/t8-,9+,10+,11+,12+,13-,14+,15-,16-,17-/m0/s1. The Bertz CT molecular complexity index is 576. The summed E-state index contributed by atoms with van der Waals surface area (Å²) in [5, 5.41) is 50.0. The molecular weight excluding hydrogens is 364 g/mol. The lowest BCUT2D eigenvalue weighted by atomic mass is 9.85. The minimum absolute atomic E-state index is 0.171. The Kier molecular flexibility index (Phi) is 5.78. The number of fused-ring (bicyclic) bond motifs is 1. The van der Waals surface area contributed by atoms with Gasteiger partial charge in [0.2, 0.25) is 6.29 Å². The van der Waals surface area contributed by atoms with Crippen molar-refractivity contribution in [3.8, 4) is 0 Å². The molecule has 1 aliphatic carbocycles. The Morgan fingerprint density at radius 1 is 1.22 bits per heavy atom. The highest BCUT2D eigenvalue weighted by atomic mass is 16.8. The summed E-state index contributed by atoms with van der Waals surface area (Å²) in [7, 11) is 0. The molecule has 0 bridgehead atoms. The second-order valence-electron chi connectivity index (χ2n) is 7.48. The molecule has 0 aromatic rings. The first-order chi connectivity index (χ1) is 12.7. The summed E-state index contributed by atoms with van der Waals surface area (Å²) in [6.45, 7) is 2.27. The van der Waals surface area contributed by atoms with Gasteiger partial charge in [0.25, 0.3) is 0 Å². The van der Waals surface area contributed by atoms with Crippen LogP contribution in [0, 0.1) is 11.8 Å². The maximum absolute atomic E-state index is 11.3. The first kappa shape index (κ1) is 20.5. The van der Waals surface area contributed by atoms with Crippen molar-refractivity contribution in [2.24, 2.45) is 11.8 Å². The van der Waals surface area contributed by atoms with Gasteiger partial charge in [-0.15, -0.1) is 0 Å². The maximum atomic E-state index is 11.3. The summed E-state index contributed by atoms with van der Waals surface area (Å²) >= 11 is 0. The number of carbonyl (C=O) groups is 1. The lowest BCUT2D eigenvalue weighted by Crippen LogP contribution is -2.60. The highest BCUT2D eigenvalue weighted by Gasteiger charge is 2.57. The van der Waals surface area contributed by atoms with Crippen LogP contribution in [0.15, 0.2) is 12.3 Å². The fourth-order valence-corrected chi connectivity index (χ4v) is 4.10. The van der Waals surface area contributed by atoms with E-state index in [0.29, 0.717) is 0 Å². The van der Waals surface area contributed by atoms with Crippen LogP contribution in [0.5, 0.6) is 0 Å². The minimum atomic E-state index is -1.59. The highest BCUT2D eigenvalue weighted by Crippen LogP contribution is 2.48. The van der Waals surface area contributed by atoms with Crippen molar-refractivity contribution in [1.82, 2.24) is 0 Å². The second kappa shape index (κ2) is 7.63. The first-order valence-electron chi connectivity index (χ1n) is 8.83. The predicted molar refractivity (Wildman–Crippen MR) is 86.6 cm³/mol. The van der Waals surface area contributed by atoms with Crippen LogP contribution >= 0.6 is 0 Å². The number of hydrogen-bond acceptors (Lipinski definition) is 10. The predicted octanol–water partition coefficient (Wildman–Crippen LogP) is -2.01. The number of rotatable bonds is 4. The summed E-state index contributed by atoms with van der Waals surface area (Å²) in [6, 6.07) is 0. The summed E-state index contributed by atoms with van der Waals surface area (Å²) < 4.78 is 21.8. The van der Waals surface area contributed by atoms with Gasteiger partial charge in [0.15, 0.2) is 6.29 Å². The average molecular weight is 390 g/mol. The van der Waals surface area contributed by atoms with E-state index < -0.39 is 67.2 Å². The van der Waals surface area contributed by atoms with Crippen molar-refractivity contribution in [3.05, 3.63) is 12.3 Å². The van der Waals surface area contributed by atoms with Gasteiger partial charge in [-0.2, -0.15) is 0 Å². The van der Waals surface area contributed by atoms with Gasteiger partial charge in [0.1, 0.15) is 30.5 Å². The first-order valence-corrected chi connectivity index (χ1v) is 8.83. The van der Waals surface area contributed by atoms with Crippen LogP contribution in [0.3, 0.4) is 0 Å². The third kappa shape index (κ3) is 3.83. The van der Waals surface area contributed by atoms with E-state index >= 15 is 0 Å². The van der Waals surface area contributed by atoms with Crippen LogP contribution in [0.25, 0.3) is 0 Å². The van der Waals surface area contributed by atoms with E-state index in [1.807, 2.05) is 0 Å². The van der Waals surface area contributed by atoms with Gasteiger partial charge in [0, 0.05) is 19.3 Å². The zero-order valence-electron chi connectivity index (χ0n) is 15.0. The summed E-state index contributed by atoms with van der Waals surface area (Å²) in [4.78, 5) is 11.3. The summed E-state index contributed by atoms with van der Waals surface area (Å²) in [5.41, 5.74) is -1.30. The lowest BCUT2D eigenvalue weighted by Gasteiger charge is -2.43. The van der Waals surface area contributed by atoms with E-state index in [0.717, 1.165) is 0 Å². The molecule has 154 valence electrons. The van der Waals surface area contributed by atoms with Crippen LogP contribution in [-0.4, -0.2) is 86.8 Å². The van der Waals surface area contributed by atoms with E-state index in [1.165, 1.54) is 13.2 Å². The van der Waals surface area contributed by atoms with E-state index in [2.05, 4.69) is 0 Å². The number of carbonyl (C=O) groups excluding carboxylic acids is 1. The van der Waals surface area contributed by atoms with Crippen LogP contribution in [0.2, 0.25) is 0 Å². The molecule has 1 saturated heterocycles. The molecule has 5 N–H and O–H groups in total. The molecule has 3 rings (SSSR count). The minimum Gasteiger partial charge on any atom is -0.472 e. The molecule has 1 saturated carbocycles. The van der Waals surface area contributed by atoms with Crippen LogP contribution in [0.4, 0.5) is 0 Å². The highest BCUT2D eigenvalue weighted by molar-refractivity contribution is 5.66. The van der Waals surface area contributed by atoms with Gasteiger partial charge in [-0.05, 0) is 13.0 Å². The SMILES string of the molecule is CC(=O)O[C@@H]1C[C@](C)(O)[C@H]2[C@H](O[C@@H]3O[C@H](CO)[C@@H](O)[C@H](O)[C@H]3O)OC=C[C@H]21.